The Kier molecular flexibility index (Phi) is 4.05. The van der Waals surface area contributed by atoms with E-state index in [1.165, 1.54) is 4.90 Å². The number of hydrogen-bond donors (Lipinski definition) is 0. The molecule has 3 nitrogen and oxygen atoms in total. The number of carbonyl (C=O) groups excluding carboxylic acids is 2. The molecule has 1 heterocycles. The maximum Gasteiger partial charge on any atom is 0.261 e. The molecule has 0 unspecified atom stereocenters. The van der Waals surface area contributed by atoms with Crippen molar-refractivity contribution in [1.29, 1.82) is 0 Å². The van der Waals surface area contributed by atoms with Crippen LogP contribution in [-0.4, -0.2) is 23.3 Å². The van der Waals surface area contributed by atoms with Crippen LogP contribution in [0.4, 0.5) is 0 Å². The molecule has 0 N–H and O–H groups in total. The molecule has 2 rings (SSSR count). The smallest absolute Gasteiger partial charge is 0.261 e. The van der Waals surface area contributed by atoms with Crippen molar-refractivity contribution in [3.8, 4) is 0 Å². The van der Waals surface area contributed by atoms with E-state index in [1.807, 2.05) is 19.9 Å². The van der Waals surface area contributed by atoms with Gasteiger partial charge in [-0.3, -0.25) is 14.5 Å². The summed E-state index contributed by atoms with van der Waals surface area (Å²) in [7, 11) is 0. The molecule has 1 aliphatic rings. The summed E-state index contributed by atoms with van der Waals surface area (Å²) in [6.45, 7) is 4.50. The summed E-state index contributed by atoms with van der Waals surface area (Å²) in [5, 5.41) is 0. The number of aryl methyl sites for hydroxylation is 1. The van der Waals surface area contributed by atoms with Crippen LogP contribution in [0, 0.1) is 6.92 Å². The Morgan fingerprint density at radius 2 is 1.76 bits per heavy atom. The molecule has 0 bridgehead atoms. The van der Waals surface area contributed by atoms with Gasteiger partial charge >= 0.3 is 0 Å². The van der Waals surface area contributed by atoms with Gasteiger partial charge in [0.2, 0.25) is 0 Å². The molecule has 3 heteroatoms. The van der Waals surface area contributed by atoms with E-state index in [0.29, 0.717) is 17.7 Å². The van der Waals surface area contributed by atoms with Crippen LogP contribution in [0.5, 0.6) is 0 Å². The van der Waals surface area contributed by atoms with E-state index < -0.39 is 0 Å². The number of imide groups is 1. The molecule has 17 heavy (non-hydrogen) atoms. The molecule has 92 valence electrons. The Morgan fingerprint density at radius 3 is 2.41 bits per heavy atom. The van der Waals surface area contributed by atoms with E-state index in [4.69, 9.17) is 0 Å². The molecule has 0 spiro atoms. The second-order valence-corrected chi connectivity index (χ2v) is 4.16. The summed E-state index contributed by atoms with van der Waals surface area (Å²) in [6, 6.07) is 5.41. The van der Waals surface area contributed by atoms with Crippen molar-refractivity contribution in [3.05, 3.63) is 34.9 Å². The third-order valence-corrected chi connectivity index (χ3v) is 2.86. The number of carbonyl (C=O) groups is 2. The van der Waals surface area contributed by atoms with Crippen LogP contribution < -0.4 is 0 Å². The van der Waals surface area contributed by atoms with Crippen molar-refractivity contribution < 1.29 is 9.59 Å². The molecular weight excluding hydrogens is 214 g/mol. The number of hydrogen-bond acceptors (Lipinski definition) is 2. The van der Waals surface area contributed by atoms with E-state index in [9.17, 15) is 9.59 Å². The summed E-state index contributed by atoms with van der Waals surface area (Å²) in [5.41, 5.74) is 2.12. The average Bonchev–Trinajstić information content (AvgIpc) is 2.50. The zero-order chi connectivity index (χ0) is 11.7. The van der Waals surface area contributed by atoms with Gasteiger partial charge in [0.15, 0.2) is 0 Å². The first kappa shape index (κ1) is 13.4. The lowest BCUT2D eigenvalue weighted by atomic mass is 10.1. The predicted molar refractivity (Wildman–Crippen MR) is 68.2 cm³/mol. The molecule has 0 saturated carbocycles. The average molecular weight is 233 g/mol. The number of amides is 2. The molecule has 0 aromatic heterocycles. The maximum atomic E-state index is 12.0. The van der Waals surface area contributed by atoms with Gasteiger partial charge in [-0.15, -0.1) is 0 Å². The molecule has 1 aliphatic heterocycles. The molecule has 1 aromatic rings. The van der Waals surface area contributed by atoms with Crippen molar-refractivity contribution in [2.45, 2.75) is 34.1 Å². The highest BCUT2D eigenvalue weighted by molar-refractivity contribution is 6.21. The fourth-order valence-electron chi connectivity index (χ4n) is 1.92. The lowest BCUT2D eigenvalue weighted by Crippen LogP contribution is -2.30. The van der Waals surface area contributed by atoms with Crippen molar-refractivity contribution in [2.75, 3.05) is 6.54 Å². The van der Waals surface area contributed by atoms with Crippen molar-refractivity contribution in [3.63, 3.8) is 0 Å². The zero-order valence-electron chi connectivity index (χ0n) is 9.62. The number of rotatable bonds is 3. The van der Waals surface area contributed by atoms with Gasteiger partial charge in [0.05, 0.1) is 11.1 Å². The summed E-state index contributed by atoms with van der Waals surface area (Å²) in [4.78, 5) is 25.3. The molecule has 0 radical (unpaired) electrons. The normalized spacial score (nSPS) is 13.6. The van der Waals surface area contributed by atoms with Gasteiger partial charge in [-0.2, -0.15) is 0 Å². The van der Waals surface area contributed by atoms with Gasteiger partial charge < -0.3 is 0 Å². The second-order valence-electron chi connectivity index (χ2n) is 4.16. The van der Waals surface area contributed by atoms with E-state index in [0.717, 1.165) is 18.4 Å². The number of nitrogens with zero attached hydrogens (tertiary/aromatic N) is 1. The first-order valence-electron chi connectivity index (χ1n) is 5.62. The maximum absolute atomic E-state index is 12.0. The minimum Gasteiger partial charge on any atom is -0.274 e. The molecule has 2 amide bonds. The first-order chi connectivity index (χ1) is 7.65. The Balaban J connectivity index is 0.00000144. The Morgan fingerprint density at radius 1 is 1.12 bits per heavy atom. The van der Waals surface area contributed by atoms with Crippen molar-refractivity contribution in [1.82, 2.24) is 4.90 Å². The zero-order valence-corrected chi connectivity index (χ0v) is 9.62. The molecule has 1 aromatic carbocycles. The highest BCUT2D eigenvalue weighted by atomic mass is 16.2. The lowest BCUT2D eigenvalue weighted by Gasteiger charge is -2.12. The van der Waals surface area contributed by atoms with E-state index in [-0.39, 0.29) is 19.2 Å². The van der Waals surface area contributed by atoms with Gasteiger partial charge in [0, 0.05) is 6.54 Å². The Hall–Kier alpha value is -1.64. The summed E-state index contributed by atoms with van der Waals surface area (Å²) < 4.78 is 0. The standard InChI is InChI=1S/C13H15NO2.CH4/c1-3-4-7-14-12(15)10-6-5-9(2)8-11(10)13(14)16;/h5-6,8H,3-4,7H2,1-2H3;1H4. The summed E-state index contributed by atoms with van der Waals surface area (Å²) in [6.07, 6.45) is 1.84. The Bertz CT molecular complexity index is 452. The molecule has 0 fully saturated rings. The molecule has 0 saturated heterocycles. The van der Waals surface area contributed by atoms with Crippen LogP contribution >= 0.6 is 0 Å². The molecule has 0 atom stereocenters. The lowest BCUT2D eigenvalue weighted by molar-refractivity contribution is 0.0652. The fourth-order valence-corrected chi connectivity index (χ4v) is 1.92. The largest absolute Gasteiger partial charge is 0.274 e. The van der Waals surface area contributed by atoms with Gasteiger partial charge in [-0.25, -0.2) is 0 Å². The van der Waals surface area contributed by atoms with E-state index in [2.05, 4.69) is 0 Å². The number of unbranched alkanes of at least 4 members (excludes halogenated alkanes) is 1. The fraction of sp³-hybridized carbons (Fsp3) is 0.429. The van der Waals surface area contributed by atoms with Gasteiger partial charge in [0.1, 0.15) is 0 Å². The molecule has 0 aliphatic carbocycles. The highest BCUT2D eigenvalue weighted by Gasteiger charge is 2.34. The van der Waals surface area contributed by atoms with Crippen LogP contribution in [0.1, 0.15) is 53.5 Å². The van der Waals surface area contributed by atoms with E-state index >= 15 is 0 Å². The molecular formula is C14H19NO2. The summed E-state index contributed by atoms with van der Waals surface area (Å²) in [5.74, 6) is -0.286. The van der Waals surface area contributed by atoms with Gasteiger partial charge in [-0.05, 0) is 25.5 Å². The second kappa shape index (κ2) is 5.13. The first-order valence-corrected chi connectivity index (χ1v) is 5.62. The van der Waals surface area contributed by atoms with Gasteiger partial charge in [0.25, 0.3) is 11.8 Å². The highest BCUT2D eigenvalue weighted by Crippen LogP contribution is 2.23. The number of fused-ring (bicyclic) bond motifs is 1. The quantitative estimate of drug-likeness (QED) is 0.752. The minimum absolute atomic E-state index is 0. The van der Waals surface area contributed by atoms with Crippen LogP contribution in [0.3, 0.4) is 0 Å². The van der Waals surface area contributed by atoms with Crippen molar-refractivity contribution >= 4 is 11.8 Å². The third-order valence-electron chi connectivity index (χ3n) is 2.86. The Labute approximate surface area is 102 Å². The SMILES string of the molecule is C.CCCCN1C(=O)c2ccc(C)cc2C1=O. The predicted octanol–water partition coefficient (Wildman–Crippen LogP) is 3.03. The number of benzene rings is 1. The van der Waals surface area contributed by atoms with Crippen LogP contribution in [0.25, 0.3) is 0 Å². The van der Waals surface area contributed by atoms with Crippen LogP contribution in [0.2, 0.25) is 0 Å². The van der Waals surface area contributed by atoms with E-state index in [1.54, 1.807) is 12.1 Å². The minimum atomic E-state index is -0.145. The summed E-state index contributed by atoms with van der Waals surface area (Å²) >= 11 is 0. The van der Waals surface area contributed by atoms with Gasteiger partial charge in [-0.1, -0.05) is 32.4 Å². The third kappa shape index (κ3) is 2.23. The van der Waals surface area contributed by atoms with Crippen LogP contribution in [0.15, 0.2) is 18.2 Å². The van der Waals surface area contributed by atoms with Crippen molar-refractivity contribution in [2.24, 2.45) is 0 Å². The topological polar surface area (TPSA) is 37.4 Å². The van der Waals surface area contributed by atoms with Crippen LogP contribution in [-0.2, 0) is 0 Å². The monoisotopic (exact) mass is 233 g/mol.